The maximum absolute atomic E-state index is 13.2. The average Bonchev–Trinajstić information content (AvgIpc) is 3.15. The molecule has 0 aliphatic rings. The quantitative estimate of drug-likeness (QED) is 0.585. The first kappa shape index (κ1) is 18.9. The van der Waals surface area contributed by atoms with Crippen LogP contribution in [-0.4, -0.2) is 19.4 Å². The molecule has 0 bridgehead atoms. The van der Waals surface area contributed by atoms with E-state index in [1.165, 1.54) is 36.4 Å². The molecule has 1 amide bonds. The Morgan fingerprint density at radius 1 is 1.11 bits per heavy atom. The van der Waals surface area contributed by atoms with E-state index < -0.39 is 21.7 Å². The maximum Gasteiger partial charge on any atom is 0.271 e. The summed E-state index contributed by atoms with van der Waals surface area (Å²) in [5.74, 6) is -1.35. The van der Waals surface area contributed by atoms with E-state index in [2.05, 4.69) is 10.0 Å². The van der Waals surface area contributed by atoms with Gasteiger partial charge in [0.1, 0.15) is 15.8 Å². The molecule has 6 nitrogen and oxygen atoms in total. The summed E-state index contributed by atoms with van der Waals surface area (Å²) in [6, 6.07) is 12.7. The number of amides is 1. The third-order valence-corrected chi connectivity index (χ3v) is 6.38. The monoisotopic (exact) mass is 406 g/mol. The summed E-state index contributed by atoms with van der Waals surface area (Å²) >= 11 is 1.06. The van der Waals surface area contributed by atoms with Crippen LogP contribution < -0.4 is 10.0 Å². The van der Waals surface area contributed by atoms with E-state index in [1.54, 1.807) is 17.5 Å². The third kappa shape index (κ3) is 4.63. The first-order valence-corrected chi connectivity index (χ1v) is 10.1. The van der Waals surface area contributed by atoms with Crippen molar-refractivity contribution < 1.29 is 22.7 Å². The number of sulfonamides is 1. The standard InChI is InChI=1S/C18H15FN2O4S2/c19-13-4-1-3-12(9-13)11-20-18(23)15-7-6-14(10-16(15)22)21-27(24,25)17-5-2-8-26-17/h1-10,21-22H,11H2,(H,20,23). The Morgan fingerprint density at radius 3 is 2.59 bits per heavy atom. The van der Waals surface area contributed by atoms with Crippen LogP contribution in [0.5, 0.6) is 5.75 Å². The fourth-order valence-corrected chi connectivity index (χ4v) is 4.38. The number of thiophene rings is 1. The van der Waals surface area contributed by atoms with E-state index in [-0.39, 0.29) is 27.8 Å². The van der Waals surface area contributed by atoms with Gasteiger partial charge in [0.25, 0.3) is 15.9 Å². The number of nitrogens with one attached hydrogen (secondary N) is 2. The molecule has 9 heteroatoms. The van der Waals surface area contributed by atoms with Crippen LogP contribution in [0.4, 0.5) is 10.1 Å². The van der Waals surface area contributed by atoms with Gasteiger partial charge in [-0.2, -0.15) is 0 Å². The summed E-state index contributed by atoms with van der Waals surface area (Å²) in [4.78, 5) is 12.2. The van der Waals surface area contributed by atoms with Gasteiger partial charge in [0.05, 0.1) is 11.3 Å². The summed E-state index contributed by atoms with van der Waals surface area (Å²) in [7, 11) is -3.75. The zero-order valence-electron chi connectivity index (χ0n) is 13.8. The van der Waals surface area contributed by atoms with Gasteiger partial charge in [0, 0.05) is 12.6 Å². The molecule has 0 atom stereocenters. The molecule has 0 saturated heterocycles. The Balaban J connectivity index is 1.70. The lowest BCUT2D eigenvalue weighted by atomic mass is 10.1. The van der Waals surface area contributed by atoms with Gasteiger partial charge in [-0.25, -0.2) is 12.8 Å². The maximum atomic E-state index is 13.2. The molecule has 140 valence electrons. The van der Waals surface area contributed by atoms with Gasteiger partial charge in [-0.05, 0) is 41.3 Å². The van der Waals surface area contributed by atoms with E-state index in [4.69, 9.17) is 0 Å². The Bertz CT molecular complexity index is 1070. The molecule has 0 radical (unpaired) electrons. The van der Waals surface area contributed by atoms with Crippen molar-refractivity contribution in [3.63, 3.8) is 0 Å². The average molecular weight is 406 g/mol. The Morgan fingerprint density at radius 2 is 1.93 bits per heavy atom. The number of halogens is 1. The highest BCUT2D eigenvalue weighted by atomic mass is 32.2. The van der Waals surface area contributed by atoms with E-state index in [0.29, 0.717) is 5.56 Å². The lowest BCUT2D eigenvalue weighted by Gasteiger charge is -2.10. The predicted octanol–water partition coefficient (Wildman–Crippen LogP) is 3.32. The Kier molecular flexibility index (Phi) is 5.43. The molecule has 0 aliphatic carbocycles. The molecule has 1 aromatic heterocycles. The number of carbonyl (C=O) groups is 1. The smallest absolute Gasteiger partial charge is 0.271 e. The first-order valence-electron chi connectivity index (χ1n) is 7.77. The van der Waals surface area contributed by atoms with Crippen molar-refractivity contribution in [1.82, 2.24) is 5.32 Å². The van der Waals surface area contributed by atoms with Crippen LogP contribution in [0, 0.1) is 5.82 Å². The molecule has 2 aromatic carbocycles. The number of rotatable bonds is 6. The van der Waals surface area contributed by atoms with Gasteiger partial charge in [-0.1, -0.05) is 18.2 Å². The number of phenolic OH excluding ortho intramolecular Hbond substituents is 1. The Labute approximate surface area is 159 Å². The van der Waals surface area contributed by atoms with E-state index in [0.717, 1.165) is 17.4 Å². The van der Waals surface area contributed by atoms with Crippen LogP contribution in [0.3, 0.4) is 0 Å². The van der Waals surface area contributed by atoms with Gasteiger partial charge in [-0.15, -0.1) is 11.3 Å². The fourth-order valence-electron chi connectivity index (χ4n) is 2.33. The fraction of sp³-hybridized carbons (Fsp3) is 0.0556. The number of anilines is 1. The zero-order valence-corrected chi connectivity index (χ0v) is 15.5. The van der Waals surface area contributed by atoms with E-state index in [1.807, 2.05) is 0 Å². The van der Waals surface area contributed by atoms with Crippen molar-refractivity contribution in [2.24, 2.45) is 0 Å². The SMILES string of the molecule is O=C(NCc1cccc(F)c1)c1ccc(NS(=O)(=O)c2cccs2)cc1O. The number of hydrogen-bond donors (Lipinski definition) is 3. The van der Waals surface area contributed by atoms with Crippen LogP contribution in [0.15, 0.2) is 64.2 Å². The summed E-state index contributed by atoms with van der Waals surface area (Å²) < 4.78 is 40.0. The number of hydrogen-bond acceptors (Lipinski definition) is 5. The minimum Gasteiger partial charge on any atom is -0.507 e. The van der Waals surface area contributed by atoms with Crippen molar-refractivity contribution in [1.29, 1.82) is 0 Å². The van der Waals surface area contributed by atoms with Crippen molar-refractivity contribution in [2.45, 2.75) is 10.8 Å². The highest BCUT2D eigenvalue weighted by molar-refractivity contribution is 7.94. The molecule has 0 fully saturated rings. The minimum atomic E-state index is -3.75. The zero-order chi connectivity index (χ0) is 19.4. The van der Waals surface area contributed by atoms with Crippen LogP contribution in [-0.2, 0) is 16.6 Å². The van der Waals surface area contributed by atoms with Gasteiger partial charge in [-0.3, -0.25) is 9.52 Å². The Hall–Kier alpha value is -2.91. The van der Waals surface area contributed by atoms with E-state index in [9.17, 15) is 22.7 Å². The second-order valence-electron chi connectivity index (χ2n) is 5.58. The van der Waals surface area contributed by atoms with Gasteiger partial charge in [0.15, 0.2) is 0 Å². The van der Waals surface area contributed by atoms with Crippen molar-refractivity contribution in [3.05, 3.63) is 76.9 Å². The summed E-state index contributed by atoms with van der Waals surface area (Å²) in [5, 5.41) is 14.3. The largest absolute Gasteiger partial charge is 0.507 e. The highest BCUT2D eigenvalue weighted by Crippen LogP contribution is 2.25. The number of phenols is 1. The summed E-state index contributed by atoms with van der Waals surface area (Å²) in [6.07, 6.45) is 0. The van der Waals surface area contributed by atoms with Crippen LogP contribution in [0.2, 0.25) is 0 Å². The molecule has 0 unspecified atom stereocenters. The van der Waals surface area contributed by atoms with Crippen LogP contribution >= 0.6 is 11.3 Å². The molecule has 1 heterocycles. The first-order chi connectivity index (χ1) is 12.8. The van der Waals surface area contributed by atoms with Gasteiger partial charge >= 0.3 is 0 Å². The van der Waals surface area contributed by atoms with Crippen molar-refractivity contribution in [2.75, 3.05) is 4.72 Å². The molecular formula is C18H15FN2O4S2. The van der Waals surface area contributed by atoms with Crippen LogP contribution in [0.25, 0.3) is 0 Å². The molecule has 3 N–H and O–H groups in total. The van der Waals surface area contributed by atoms with E-state index >= 15 is 0 Å². The predicted molar refractivity (Wildman–Crippen MR) is 101 cm³/mol. The topological polar surface area (TPSA) is 95.5 Å². The number of carbonyl (C=O) groups excluding carboxylic acids is 1. The van der Waals surface area contributed by atoms with Crippen molar-refractivity contribution >= 4 is 33.0 Å². The third-order valence-electron chi connectivity index (χ3n) is 3.60. The van der Waals surface area contributed by atoms with Gasteiger partial charge in [0.2, 0.25) is 0 Å². The molecule has 0 saturated carbocycles. The molecular weight excluding hydrogens is 391 g/mol. The molecule has 3 rings (SSSR count). The lowest BCUT2D eigenvalue weighted by molar-refractivity contribution is 0.0948. The summed E-state index contributed by atoms with van der Waals surface area (Å²) in [6.45, 7) is 0.0861. The molecule has 27 heavy (non-hydrogen) atoms. The highest BCUT2D eigenvalue weighted by Gasteiger charge is 2.17. The summed E-state index contributed by atoms with van der Waals surface area (Å²) in [5.41, 5.74) is 0.677. The van der Waals surface area contributed by atoms with Crippen molar-refractivity contribution in [3.8, 4) is 5.75 Å². The molecule has 0 spiro atoms. The van der Waals surface area contributed by atoms with Gasteiger partial charge < -0.3 is 10.4 Å². The normalized spacial score (nSPS) is 11.1. The second kappa shape index (κ2) is 7.77. The molecule has 0 aliphatic heterocycles. The second-order valence-corrected chi connectivity index (χ2v) is 8.44. The minimum absolute atomic E-state index is 0.0227. The van der Waals surface area contributed by atoms with Crippen LogP contribution in [0.1, 0.15) is 15.9 Å². The number of aromatic hydroxyl groups is 1. The number of benzene rings is 2. The lowest BCUT2D eigenvalue weighted by Crippen LogP contribution is -2.23. The molecule has 3 aromatic rings.